The van der Waals surface area contributed by atoms with Crippen molar-refractivity contribution in [2.24, 2.45) is 0 Å². The molecular formula is C12H19NO3. The highest BCUT2D eigenvalue weighted by molar-refractivity contribution is 5.86. The van der Waals surface area contributed by atoms with E-state index in [0.717, 1.165) is 12.2 Å². The van der Waals surface area contributed by atoms with Crippen LogP contribution in [-0.2, 0) is 11.3 Å². The van der Waals surface area contributed by atoms with Gasteiger partial charge in [-0.25, -0.2) is 4.79 Å². The summed E-state index contributed by atoms with van der Waals surface area (Å²) in [7, 11) is 1.34. The molecular weight excluding hydrogens is 206 g/mol. The van der Waals surface area contributed by atoms with Crippen LogP contribution in [0.1, 0.15) is 43.5 Å². The van der Waals surface area contributed by atoms with E-state index < -0.39 is 5.97 Å². The molecule has 4 heteroatoms. The van der Waals surface area contributed by atoms with Crippen LogP contribution in [0, 0.1) is 0 Å². The molecule has 90 valence electrons. The van der Waals surface area contributed by atoms with Gasteiger partial charge >= 0.3 is 5.97 Å². The molecule has 1 N–H and O–H groups in total. The first-order chi connectivity index (χ1) is 7.48. The van der Waals surface area contributed by atoms with Crippen LogP contribution in [0.5, 0.6) is 0 Å². The van der Waals surface area contributed by atoms with Crippen molar-refractivity contribution in [3.63, 3.8) is 0 Å². The zero-order chi connectivity index (χ0) is 12.2. The van der Waals surface area contributed by atoms with Gasteiger partial charge in [0.1, 0.15) is 5.76 Å². The van der Waals surface area contributed by atoms with Crippen molar-refractivity contribution in [3.8, 4) is 0 Å². The van der Waals surface area contributed by atoms with Crippen molar-refractivity contribution < 1.29 is 13.9 Å². The Morgan fingerprint density at radius 1 is 1.50 bits per heavy atom. The number of carbonyl (C=O) groups excluding carboxylic acids is 1. The summed E-state index contributed by atoms with van der Waals surface area (Å²) >= 11 is 0. The molecule has 0 saturated carbocycles. The van der Waals surface area contributed by atoms with Crippen molar-refractivity contribution in [2.45, 2.75) is 39.3 Å². The topological polar surface area (TPSA) is 51.5 Å². The summed E-state index contributed by atoms with van der Waals surface area (Å²) in [5.74, 6) is 0.538. The maximum atomic E-state index is 11.1. The van der Waals surface area contributed by atoms with Crippen LogP contribution in [0.25, 0.3) is 0 Å². The van der Waals surface area contributed by atoms with E-state index >= 15 is 0 Å². The zero-order valence-electron chi connectivity index (χ0n) is 10.3. The number of methoxy groups -OCH3 is 1. The van der Waals surface area contributed by atoms with Crippen LogP contribution in [0.2, 0.25) is 0 Å². The molecule has 1 heterocycles. The summed E-state index contributed by atoms with van der Waals surface area (Å²) in [6, 6.07) is 3.41. The summed E-state index contributed by atoms with van der Waals surface area (Å²) < 4.78 is 9.90. The summed E-state index contributed by atoms with van der Waals surface area (Å²) in [5, 5.41) is 3.35. The number of ether oxygens (including phenoxy) is 1. The first kappa shape index (κ1) is 12.8. The van der Waals surface area contributed by atoms with Crippen molar-refractivity contribution in [3.05, 3.63) is 23.7 Å². The summed E-state index contributed by atoms with van der Waals surface area (Å²) in [4.78, 5) is 11.1. The Hall–Kier alpha value is -1.29. The molecule has 0 radical (unpaired) electrons. The predicted molar refractivity (Wildman–Crippen MR) is 61.3 cm³/mol. The van der Waals surface area contributed by atoms with Gasteiger partial charge < -0.3 is 14.5 Å². The largest absolute Gasteiger partial charge is 0.463 e. The van der Waals surface area contributed by atoms with E-state index in [4.69, 9.17) is 4.42 Å². The standard InChI is InChI=1S/C12H19NO3/c1-5-12(2,3)13-8-9-6-7-10(16-9)11(14)15-4/h6-7,13H,5,8H2,1-4H3. The minimum Gasteiger partial charge on any atom is -0.463 e. The number of furan rings is 1. The van der Waals surface area contributed by atoms with Crippen LogP contribution < -0.4 is 5.32 Å². The lowest BCUT2D eigenvalue weighted by molar-refractivity contribution is 0.0562. The smallest absolute Gasteiger partial charge is 0.373 e. The van der Waals surface area contributed by atoms with Crippen molar-refractivity contribution >= 4 is 5.97 Å². The molecule has 0 unspecified atom stereocenters. The van der Waals surface area contributed by atoms with Crippen molar-refractivity contribution in [1.29, 1.82) is 0 Å². The molecule has 0 saturated heterocycles. The van der Waals surface area contributed by atoms with Gasteiger partial charge in [0.2, 0.25) is 5.76 Å². The number of carbonyl (C=O) groups is 1. The van der Waals surface area contributed by atoms with E-state index in [0.29, 0.717) is 6.54 Å². The monoisotopic (exact) mass is 225 g/mol. The summed E-state index contributed by atoms with van der Waals surface area (Å²) in [6.07, 6.45) is 1.03. The lowest BCUT2D eigenvalue weighted by atomic mass is 10.0. The molecule has 0 aliphatic heterocycles. The highest BCUT2D eigenvalue weighted by Crippen LogP contribution is 2.12. The van der Waals surface area contributed by atoms with E-state index in [2.05, 4.69) is 30.8 Å². The number of hydrogen-bond donors (Lipinski definition) is 1. The average Bonchev–Trinajstić information content (AvgIpc) is 2.74. The molecule has 0 spiro atoms. The fourth-order valence-corrected chi connectivity index (χ4v) is 1.13. The molecule has 4 nitrogen and oxygen atoms in total. The third-order valence-electron chi connectivity index (χ3n) is 2.67. The Morgan fingerprint density at radius 3 is 2.75 bits per heavy atom. The molecule has 0 bridgehead atoms. The first-order valence-corrected chi connectivity index (χ1v) is 5.40. The second-order valence-corrected chi connectivity index (χ2v) is 4.35. The average molecular weight is 225 g/mol. The fourth-order valence-electron chi connectivity index (χ4n) is 1.13. The third-order valence-corrected chi connectivity index (χ3v) is 2.67. The Bertz CT molecular complexity index is 355. The van der Waals surface area contributed by atoms with E-state index in [-0.39, 0.29) is 11.3 Å². The second-order valence-electron chi connectivity index (χ2n) is 4.35. The minimum absolute atomic E-state index is 0.0677. The van der Waals surface area contributed by atoms with Crippen molar-refractivity contribution in [1.82, 2.24) is 5.32 Å². The van der Waals surface area contributed by atoms with Gasteiger partial charge in [-0.15, -0.1) is 0 Å². The van der Waals surface area contributed by atoms with Crippen LogP contribution in [-0.4, -0.2) is 18.6 Å². The number of hydrogen-bond acceptors (Lipinski definition) is 4. The number of rotatable bonds is 5. The number of esters is 1. The normalized spacial score (nSPS) is 11.5. The lowest BCUT2D eigenvalue weighted by Gasteiger charge is -2.23. The molecule has 0 atom stereocenters. The maximum absolute atomic E-state index is 11.1. The first-order valence-electron chi connectivity index (χ1n) is 5.40. The molecule has 1 aromatic rings. The lowest BCUT2D eigenvalue weighted by Crippen LogP contribution is -2.37. The molecule has 1 aromatic heterocycles. The number of nitrogens with one attached hydrogen (secondary N) is 1. The van der Waals surface area contributed by atoms with Gasteiger partial charge in [0.15, 0.2) is 0 Å². The van der Waals surface area contributed by atoms with Crippen molar-refractivity contribution in [2.75, 3.05) is 7.11 Å². The fraction of sp³-hybridized carbons (Fsp3) is 0.583. The molecule has 0 fully saturated rings. The predicted octanol–water partition coefficient (Wildman–Crippen LogP) is 2.34. The van der Waals surface area contributed by atoms with Gasteiger partial charge in [0.05, 0.1) is 13.7 Å². The minimum atomic E-state index is -0.444. The van der Waals surface area contributed by atoms with Gasteiger partial charge in [0, 0.05) is 5.54 Å². The summed E-state index contributed by atoms with van der Waals surface area (Å²) in [5.41, 5.74) is 0.0677. The molecule has 0 aromatic carbocycles. The SMILES string of the molecule is CCC(C)(C)NCc1ccc(C(=O)OC)o1. The highest BCUT2D eigenvalue weighted by atomic mass is 16.5. The highest BCUT2D eigenvalue weighted by Gasteiger charge is 2.16. The zero-order valence-corrected chi connectivity index (χ0v) is 10.3. The molecule has 0 aliphatic carbocycles. The molecule has 0 amide bonds. The van der Waals surface area contributed by atoms with E-state index in [9.17, 15) is 4.79 Å². The van der Waals surface area contributed by atoms with Crippen LogP contribution in [0.3, 0.4) is 0 Å². The Kier molecular flexibility index (Phi) is 4.12. The van der Waals surface area contributed by atoms with Gasteiger partial charge in [-0.05, 0) is 32.4 Å². The van der Waals surface area contributed by atoms with Gasteiger partial charge in [-0.2, -0.15) is 0 Å². The van der Waals surface area contributed by atoms with Crippen LogP contribution in [0.4, 0.5) is 0 Å². The van der Waals surface area contributed by atoms with E-state index in [1.54, 1.807) is 12.1 Å². The maximum Gasteiger partial charge on any atom is 0.373 e. The molecule has 16 heavy (non-hydrogen) atoms. The Morgan fingerprint density at radius 2 is 2.19 bits per heavy atom. The van der Waals surface area contributed by atoms with E-state index in [1.807, 2.05) is 0 Å². The van der Waals surface area contributed by atoms with Gasteiger partial charge in [-0.3, -0.25) is 0 Å². The van der Waals surface area contributed by atoms with Gasteiger partial charge in [-0.1, -0.05) is 6.92 Å². The second kappa shape index (κ2) is 5.16. The Labute approximate surface area is 96.0 Å². The quantitative estimate of drug-likeness (QED) is 0.781. The third kappa shape index (κ3) is 3.38. The summed E-state index contributed by atoms with van der Waals surface area (Å²) in [6.45, 7) is 6.97. The van der Waals surface area contributed by atoms with Crippen LogP contribution in [0.15, 0.2) is 16.5 Å². The van der Waals surface area contributed by atoms with Gasteiger partial charge in [0.25, 0.3) is 0 Å². The molecule has 0 aliphatic rings. The van der Waals surface area contributed by atoms with Crippen LogP contribution >= 0.6 is 0 Å². The molecule has 1 rings (SSSR count). The Balaban J connectivity index is 2.56. The van der Waals surface area contributed by atoms with E-state index in [1.165, 1.54) is 7.11 Å².